The van der Waals surface area contributed by atoms with E-state index in [0.29, 0.717) is 0 Å². The first-order valence-corrected chi connectivity index (χ1v) is 4.13. The number of hydrogen-bond donors (Lipinski definition) is 1. The first-order valence-electron chi connectivity index (χ1n) is 4.13. The fraction of sp³-hybridized carbons (Fsp3) is 0.300. The molecule has 3 heteroatoms. The van der Waals surface area contributed by atoms with Crippen molar-refractivity contribution in [2.45, 2.75) is 13.0 Å². The maximum absolute atomic E-state index is 10.7. The lowest BCUT2D eigenvalue weighted by atomic mass is 10.2. The molecule has 0 aliphatic carbocycles. The first-order chi connectivity index (χ1) is 6.13. The second kappa shape index (κ2) is 3.94. The van der Waals surface area contributed by atoms with Gasteiger partial charge in [0.1, 0.15) is 6.04 Å². The van der Waals surface area contributed by atoms with Gasteiger partial charge >= 0.3 is 5.97 Å². The summed E-state index contributed by atoms with van der Waals surface area (Å²) in [5.41, 5.74) is 0.914. The van der Waals surface area contributed by atoms with E-state index in [9.17, 15) is 4.79 Å². The molecule has 13 heavy (non-hydrogen) atoms. The number of aliphatic carboxylic acids is 1. The van der Waals surface area contributed by atoms with Gasteiger partial charge in [-0.1, -0.05) is 18.2 Å². The monoisotopic (exact) mass is 179 g/mol. The van der Waals surface area contributed by atoms with Crippen LogP contribution in [0.4, 0.5) is 5.69 Å². The Morgan fingerprint density at radius 1 is 1.38 bits per heavy atom. The van der Waals surface area contributed by atoms with Gasteiger partial charge in [0, 0.05) is 12.7 Å². The maximum atomic E-state index is 10.7. The molecule has 0 aliphatic rings. The molecule has 0 aliphatic heterocycles. The van der Waals surface area contributed by atoms with E-state index in [1.165, 1.54) is 0 Å². The molecule has 0 fully saturated rings. The molecule has 3 nitrogen and oxygen atoms in total. The van der Waals surface area contributed by atoms with E-state index in [4.69, 9.17) is 5.11 Å². The molecular weight excluding hydrogens is 166 g/mol. The Morgan fingerprint density at radius 2 is 1.92 bits per heavy atom. The van der Waals surface area contributed by atoms with E-state index in [1.807, 2.05) is 30.3 Å². The van der Waals surface area contributed by atoms with Crippen molar-refractivity contribution in [3.8, 4) is 0 Å². The molecule has 0 bridgehead atoms. The van der Waals surface area contributed by atoms with Crippen LogP contribution in [0.3, 0.4) is 0 Å². The Morgan fingerprint density at radius 3 is 2.38 bits per heavy atom. The highest BCUT2D eigenvalue weighted by Crippen LogP contribution is 2.13. The van der Waals surface area contributed by atoms with E-state index >= 15 is 0 Å². The first kappa shape index (κ1) is 9.58. The summed E-state index contributed by atoms with van der Waals surface area (Å²) in [5, 5.41) is 8.77. The van der Waals surface area contributed by atoms with Crippen LogP contribution >= 0.6 is 0 Å². The number of rotatable bonds is 3. The average Bonchev–Trinajstić information content (AvgIpc) is 2.17. The Kier molecular flexibility index (Phi) is 2.90. The normalized spacial score (nSPS) is 12.2. The summed E-state index contributed by atoms with van der Waals surface area (Å²) in [4.78, 5) is 12.4. The molecular formula is C10H13NO2. The van der Waals surface area contributed by atoms with E-state index < -0.39 is 12.0 Å². The minimum Gasteiger partial charge on any atom is -0.480 e. The summed E-state index contributed by atoms with van der Waals surface area (Å²) in [7, 11) is 1.77. The zero-order valence-corrected chi connectivity index (χ0v) is 7.77. The predicted molar refractivity (Wildman–Crippen MR) is 51.9 cm³/mol. The molecule has 0 spiro atoms. The zero-order chi connectivity index (χ0) is 9.84. The lowest BCUT2D eigenvalue weighted by Gasteiger charge is -2.23. The van der Waals surface area contributed by atoms with Gasteiger partial charge in [-0.25, -0.2) is 4.79 Å². The minimum absolute atomic E-state index is 0.498. The highest BCUT2D eigenvalue weighted by Gasteiger charge is 2.16. The molecule has 1 aromatic carbocycles. The van der Waals surface area contributed by atoms with Gasteiger partial charge in [0.25, 0.3) is 0 Å². The summed E-state index contributed by atoms with van der Waals surface area (Å²) in [5.74, 6) is -0.814. The van der Waals surface area contributed by atoms with Gasteiger partial charge in [0.2, 0.25) is 0 Å². The Hall–Kier alpha value is -1.51. The van der Waals surface area contributed by atoms with Gasteiger partial charge in [0.15, 0.2) is 0 Å². The second-order valence-corrected chi connectivity index (χ2v) is 2.96. The van der Waals surface area contributed by atoms with Gasteiger partial charge in [-0.3, -0.25) is 0 Å². The molecule has 0 heterocycles. The SMILES string of the molecule is CC(C(=O)O)N(C)c1ccccc1. The van der Waals surface area contributed by atoms with E-state index in [2.05, 4.69) is 0 Å². The molecule has 1 N–H and O–H groups in total. The summed E-state index contributed by atoms with van der Waals surface area (Å²) in [6.07, 6.45) is 0. The van der Waals surface area contributed by atoms with Crippen molar-refractivity contribution in [3.63, 3.8) is 0 Å². The second-order valence-electron chi connectivity index (χ2n) is 2.96. The van der Waals surface area contributed by atoms with E-state index in [-0.39, 0.29) is 0 Å². The minimum atomic E-state index is -0.814. The molecule has 1 rings (SSSR count). The lowest BCUT2D eigenvalue weighted by Crippen LogP contribution is -2.35. The Labute approximate surface area is 77.6 Å². The van der Waals surface area contributed by atoms with Crippen molar-refractivity contribution in [2.24, 2.45) is 0 Å². The number of carboxylic acid groups (broad SMARTS) is 1. The number of carboxylic acids is 1. The number of hydrogen-bond acceptors (Lipinski definition) is 2. The molecule has 1 atom stereocenters. The summed E-state index contributed by atoms with van der Waals surface area (Å²) in [6, 6.07) is 8.96. The molecule has 1 unspecified atom stereocenters. The van der Waals surface area contributed by atoms with Crippen LogP contribution in [0.1, 0.15) is 6.92 Å². The van der Waals surface area contributed by atoms with Crippen LogP contribution in [0.5, 0.6) is 0 Å². The molecule has 0 amide bonds. The van der Waals surface area contributed by atoms with Gasteiger partial charge in [0.05, 0.1) is 0 Å². The van der Waals surface area contributed by atoms with E-state index in [1.54, 1.807) is 18.9 Å². The number of nitrogens with zero attached hydrogens (tertiary/aromatic N) is 1. The molecule has 0 saturated heterocycles. The van der Waals surface area contributed by atoms with Gasteiger partial charge in [-0.05, 0) is 19.1 Å². The Balaban J connectivity index is 2.79. The summed E-state index contributed by atoms with van der Waals surface area (Å²) in [6.45, 7) is 1.66. The number of likely N-dealkylation sites (N-methyl/N-ethyl adjacent to an activating group) is 1. The fourth-order valence-electron chi connectivity index (χ4n) is 1.05. The van der Waals surface area contributed by atoms with Gasteiger partial charge in [-0.2, -0.15) is 0 Å². The average molecular weight is 179 g/mol. The standard InChI is InChI=1S/C10H13NO2/c1-8(10(12)13)11(2)9-6-4-3-5-7-9/h3-8H,1-2H3,(H,12,13). The number of para-hydroxylation sites is 1. The van der Waals surface area contributed by atoms with Crippen LogP contribution in [0.25, 0.3) is 0 Å². The van der Waals surface area contributed by atoms with Crippen LogP contribution < -0.4 is 4.90 Å². The van der Waals surface area contributed by atoms with Crippen molar-refractivity contribution in [1.82, 2.24) is 0 Å². The maximum Gasteiger partial charge on any atom is 0.326 e. The molecule has 70 valence electrons. The molecule has 0 radical (unpaired) electrons. The van der Waals surface area contributed by atoms with Gasteiger partial charge < -0.3 is 10.0 Å². The Bertz CT molecular complexity index is 284. The molecule has 0 saturated carbocycles. The topological polar surface area (TPSA) is 40.5 Å². The van der Waals surface area contributed by atoms with Crippen LogP contribution in [-0.4, -0.2) is 24.2 Å². The lowest BCUT2D eigenvalue weighted by molar-refractivity contribution is -0.138. The van der Waals surface area contributed by atoms with Crippen LogP contribution in [0.15, 0.2) is 30.3 Å². The quantitative estimate of drug-likeness (QED) is 0.766. The smallest absolute Gasteiger partial charge is 0.326 e. The summed E-state index contributed by atoms with van der Waals surface area (Å²) < 4.78 is 0. The van der Waals surface area contributed by atoms with Crippen molar-refractivity contribution in [1.29, 1.82) is 0 Å². The van der Waals surface area contributed by atoms with Crippen molar-refractivity contribution < 1.29 is 9.90 Å². The van der Waals surface area contributed by atoms with Crippen molar-refractivity contribution in [3.05, 3.63) is 30.3 Å². The third-order valence-electron chi connectivity index (χ3n) is 2.10. The fourth-order valence-corrected chi connectivity index (χ4v) is 1.05. The van der Waals surface area contributed by atoms with E-state index in [0.717, 1.165) is 5.69 Å². The van der Waals surface area contributed by atoms with Crippen molar-refractivity contribution >= 4 is 11.7 Å². The molecule has 0 aromatic heterocycles. The summed E-state index contributed by atoms with van der Waals surface area (Å²) >= 11 is 0. The third-order valence-corrected chi connectivity index (χ3v) is 2.10. The van der Waals surface area contributed by atoms with Crippen LogP contribution in [0, 0.1) is 0 Å². The molecule has 1 aromatic rings. The highest BCUT2D eigenvalue weighted by atomic mass is 16.4. The largest absolute Gasteiger partial charge is 0.480 e. The van der Waals surface area contributed by atoms with Gasteiger partial charge in [-0.15, -0.1) is 0 Å². The number of carbonyl (C=O) groups is 1. The third kappa shape index (κ3) is 2.21. The van der Waals surface area contributed by atoms with Crippen LogP contribution in [-0.2, 0) is 4.79 Å². The predicted octanol–water partition coefficient (Wildman–Crippen LogP) is 1.60. The number of anilines is 1. The van der Waals surface area contributed by atoms with Crippen molar-refractivity contribution in [2.75, 3.05) is 11.9 Å². The van der Waals surface area contributed by atoms with Crippen LogP contribution in [0.2, 0.25) is 0 Å². The zero-order valence-electron chi connectivity index (χ0n) is 7.77. The highest BCUT2D eigenvalue weighted by molar-refractivity contribution is 5.77. The number of benzene rings is 1.